The molecule has 0 radical (unpaired) electrons. The molecular formula is C32H44N2O4Si. The molecule has 0 aliphatic carbocycles. The third kappa shape index (κ3) is 9.04. The average molecular weight is 549 g/mol. The number of hydrogen-bond donors (Lipinski definition) is 5. The summed E-state index contributed by atoms with van der Waals surface area (Å²) in [4.78, 5) is 23.4. The second-order valence-corrected chi connectivity index (χ2v) is 16.3. The quantitative estimate of drug-likeness (QED) is 0.175. The summed E-state index contributed by atoms with van der Waals surface area (Å²) in [6, 6.07) is 23.2. The first-order valence-corrected chi connectivity index (χ1v) is 16.6. The van der Waals surface area contributed by atoms with E-state index in [0.29, 0.717) is 18.5 Å². The smallest absolute Gasteiger partial charge is 0.228 e. The van der Waals surface area contributed by atoms with Crippen LogP contribution in [0.15, 0.2) is 72.8 Å². The van der Waals surface area contributed by atoms with Gasteiger partial charge in [0.05, 0.1) is 13.0 Å². The molecule has 6 nitrogen and oxygen atoms in total. The third-order valence-corrected chi connectivity index (χ3v) is 11.3. The predicted octanol–water partition coefficient (Wildman–Crippen LogP) is 5.74. The molecule has 0 fully saturated rings. The van der Waals surface area contributed by atoms with Crippen molar-refractivity contribution in [1.82, 2.24) is 5.32 Å². The van der Waals surface area contributed by atoms with Gasteiger partial charge in [-0.2, -0.15) is 0 Å². The molecule has 0 heterocycles. The fourth-order valence-electron chi connectivity index (χ4n) is 4.71. The molecule has 3 aromatic carbocycles. The fourth-order valence-corrected chi connectivity index (χ4v) is 5.45. The zero-order valence-corrected chi connectivity index (χ0v) is 24.9. The van der Waals surface area contributed by atoms with E-state index in [0.717, 1.165) is 35.2 Å². The standard InChI is InChI=1S/C32H44N2O4Si/c1-23(16-24-10-9-11-25(17-24)18-31(37)34-29-12-7-6-8-13-29)33-21-28(20-32(2,3)39(4,5)38)26-14-15-30(36)27(19-26)22-35/h6-15,17,19,23,28,33,35-36,38H,16,18,20-22H2,1-5H3,(H,34,37)/t23-,28+/m1/s1. The van der Waals surface area contributed by atoms with Crippen LogP contribution >= 0.6 is 0 Å². The number of carbonyl (C=O) groups is 1. The van der Waals surface area contributed by atoms with E-state index >= 15 is 0 Å². The number of aromatic hydroxyl groups is 1. The highest BCUT2D eigenvalue weighted by molar-refractivity contribution is 6.72. The summed E-state index contributed by atoms with van der Waals surface area (Å²) in [5.41, 5.74) is 4.48. The normalized spacial score (nSPS) is 13.6. The molecule has 5 N–H and O–H groups in total. The van der Waals surface area contributed by atoms with E-state index in [4.69, 9.17) is 0 Å². The minimum Gasteiger partial charge on any atom is -0.508 e. The predicted molar refractivity (Wildman–Crippen MR) is 162 cm³/mol. The van der Waals surface area contributed by atoms with E-state index < -0.39 is 8.32 Å². The van der Waals surface area contributed by atoms with E-state index in [1.807, 2.05) is 67.7 Å². The minimum atomic E-state index is -2.43. The van der Waals surface area contributed by atoms with Crippen LogP contribution in [-0.2, 0) is 24.2 Å². The van der Waals surface area contributed by atoms with Gasteiger partial charge in [-0.3, -0.25) is 4.79 Å². The lowest BCUT2D eigenvalue weighted by atomic mass is 9.88. The lowest BCUT2D eigenvalue weighted by Gasteiger charge is -2.38. The summed E-state index contributed by atoms with van der Waals surface area (Å²) < 4.78 is 0. The Labute approximate surface area is 234 Å². The lowest BCUT2D eigenvalue weighted by molar-refractivity contribution is -0.115. The lowest BCUT2D eigenvalue weighted by Crippen LogP contribution is -2.41. The number of hydrogen-bond acceptors (Lipinski definition) is 5. The molecule has 0 bridgehead atoms. The van der Waals surface area contributed by atoms with Crippen LogP contribution in [0.5, 0.6) is 5.75 Å². The molecule has 0 aliphatic rings. The summed E-state index contributed by atoms with van der Waals surface area (Å²) in [6.45, 7) is 10.8. The Kier molecular flexibility index (Phi) is 10.5. The number of amides is 1. The van der Waals surface area contributed by atoms with Crippen molar-refractivity contribution in [3.63, 3.8) is 0 Å². The zero-order valence-electron chi connectivity index (χ0n) is 23.9. The monoisotopic (exact) mass is 548 g/mol. The molecule has 39 heavy (non-hydrogen) atoms. The van der Waals surface area contributed by atoms with Crippen LogP contribution in [0.4, 0.5) is 5.69 Å². The van der Waals surface area contributed by atoms with Gasteiger partial charge in [0.1, 0.15) is 5.75 Å². The SMILES string of the molecule is C[C@H](Cc1cccc(CC(=O)Nc2ccccc2)c1)NC[C@H](CC(C)(C)[Si](C)(C)O)c1ccc(O)c(CO)c1. The Morgan fingerprint density at radius 3 is 2.33 bits per heavy atom. The van der Waals surface area contributed by atoms with Crippen molar-refractivity contribution < 1.29 is 19.8 Å². The van der Waals surface area contributed by atoms with Gasteiger partial charge in [-0.05, 0) is 84.8 Å². The van der Waals surface area contributed by atoms with E-state index in [1.54, 1.807) is 6.07 Å². The van der Waals surface area contributed by atoms with Gasteiger partial charge in [-0.1, -0.05) is 62.4 Å². The number of carbonyl (C=O) groups excluding carboxylic acids is 1. The number of para-hydroxylation sites is 1. The van der Waals surface area contributed by atoms with Crippen LogP contribution in [0.25, 0.3) is 0 Å². The van der Waals surface area contributed by atoms with Gasteiger partial charge < -0.3 is 25.6 Å². The summed E-state index contributed by atoms with van der Waals surface area (Å²) in [7, 11) is -2.43. The van der Waals surface area contributed by atoms with Crippen LogP contribution in [0.2, 0.25) is 18.1 Å². The largest absolute Gasteiger partial charge is 0.508 e. The van der Waals surface area contributed by atoms with Crippen molar-refractivity contribution in [3.05, 3.63) is 95.1 Å². The zero-order chi connectivity index (χ0) is 28.6. The number of rotatable bonds is 13. The van der Waals surface area contributed by atoms with E-state index in [-0.39, 0.29) is 35.3 Å². The van der Waals surface area contributed by atoms with Crippen molar-refractivity contribution in [2.24, 2.45) is 0 Å². The van der Waals surface area contributed by atoms with Gasteiger partial charge in [-0.25, -0.2) is 0 Å². The van der Waals surface area contributed by atoms with Gasteiger partial charge >= 0.3 is 0 Å². The maximum Gasteiger partial charge on any atom is 0.228 e. The van der Waals surface area contributed by atoms with Crippen LogP contribution in [0.1, 0.15) is 55.4 Å². The maximum absolute atomic E-state index is 12.5. The third-order valence-electron chi connectivity index (χ3n) is 7.83. The van der Waals surface area contributed by atoms with Crippen molar-refractivity contribution >= 4 is 19.9 Å². The van der Waals surface area contributed by atoms with E-state index in [1.165, 1.54) is 0 Å². The molecule has 0 unspecified atom stereocenters. The molecular weight excluding hydrogens is 504 g/mol. The maximum atomic E-state index is 12.5. The van der Waals surface area contributed by atoms with Crippen molar-refractivity contribution in [2.45, 2.75) is 76.7 Å². The number of aliphatic hydroxyl groups is 1. The number of nitrogens with one attached hydrogen (secondary N) is 2. The first-order chi connectivity index (χ1) is 18.4. The van der Waals surface area contributed by atoms with Gasteiger partial charge in [0.15, 0.2) is 8.32 Å². The molecule has 0 aliphatic heterocycles. The average Bonchev–Trinajstić information content (AvgIpc) is 2.87. The van der Waals surface area contributed by atoms with Crippen LogP contribution in [0, 0.1) is 0 Å². The Morgan fingerprint density at radius 1 is 0.974 bits per heavy atom. The molecule has 0 saturated carbocycles. The Morgan fingerprint density at radius 2 is 1.67 bits per heavy atom. The summed E-state index contributed by atoms with van der Waals surface area (Å²) in [5.74, 6) is 0.150. The number of phenols is 1. The minimum absolute atomic E-state index is 0.0403. The number of anilines is 1. The molecule has 2 atom stereocenters. The highest BCUT2D eigenvalue weighted by Crippen LogP contribution is 2.44. The topological polar surface area (TPSA) is 102 Å². The van der Waals surface area contributed by atoms with Gasteiger partial charge in [0.2, 0.25) is 5.91 Å². The van der Waals surface area contributed by atoms with Gasteiger partial charge in [0, 0.05) is 23.8 Å². The molecule has 0 spiro atoms. The van der Waals surface area contributed by atoms with E-state index in [9.17, 15) is 19.8 Å². The summed E-state index contributed by atoms with van der Waals surface area (Å²) in [5, 5.41) is 26.2. The molecule has 1 amide bonds. The van der Waals surface area contributed by atoms with Crippen LogP contribution < -0.4 is 10.6 Å². The van der Waals surface area contributed by atoms with Crippen molar-refractivity contribution in [3.8, 4) is 5.75 Å². The first-order valence-electron chi connectivity index (χ1n) is 13.7. The van der Waals surface area contributed by atoms with Crippen molar-refractivity contribution in [1.29, 1.82) is 0 Å². The van der Waals surface area contributed by atoms with Crippen LogP contribution in [0.3, 0.4) is 0 Å². The molecule has 0 saturated heterocycles. The molecule has 210 valence electrons. The second kappa shape index (κ2) is 13.4. The number of aliphatic hydroxyl groups excluding tert-OH is 1. The molecule has 0 aromatic heterocycles. The molecule has 7 heteroatoms. The second-order valence-electron chi connectivity index (χ2n) is 11.8. The first kappa shape index (κ1) is 30.6. The highest BCUT2D eigenvalue weighted by Gasteiger charge is 2.40. The molecule has 3 aromatic rings. The van der Waals surface area contributed by atoms with Gasteiger partial charge in [-0.15, -0.1) is 0 Å². The number of benzene rings is 3. The summed E-state index contributed by atoms with van der Waals surface area (Å²) in [6.07, 6.45) is 1.91. The van der Waals surface area contributed by atoms with Gasteiger partial charge in [0.25, 0.3) is 0 Å². The highest BCUT2D eigenvalue weighted by atomic mass is 28.4. The summed E-state index contributed by atoms with van der Waals surface area (Å²) >= 11 is 0. The Balaban J connectivity index is 1.66. The van der Waals surface area contributed by atoms with E-state index in [2.05, 4.69) is 43.5 Å². The van der Waals surface area contributed by atoms with Crippen LogP contribution in [-0.4, -0.2) is 41.8 Å². The Bertz CT molecular complexity index is 1220. The van der Waals surface area contributed by atoms with Crippen molar-refractivity contribution in [2.75, 3.05) is 11.9 Å². The Hall–Kier alpha value is -2.97. The fraction of sp³-hybridized carbons (Fsp3) is 0.406. The molecule has 3 rings (SSSR count).